The lowest BCUT2D eigenvalue weighted by atomic mass is 10.0. The molecule has 3 aromatic rings. The van der Waals surface area contributed by atoms with Crippen LogP contribution in [0.4, 0.5) is 11.4 Å². The van der Waals surface area contributed by atoms with E-state index in [2.05, 4.69) is 10.2 Å². The molecule has 0 spiro atoms. The zero-order chi connectivity index (χ0) is 17.5. The van der Waals surface area contributed by atoms with Gasteiger partial charge in [-0.25, -0.2) is 0 Å². The number of ketones is 1. The standard InChI is InChI=1S/C21H18N2O2/c24-15-14-16-10-12-18(13-11-16)22-23-20-9-5-4-8-19(20)21(25)17-6-2-1-3-7-17/h1-13,24H,14-15H2. The van der Waals surface area contributed by atoms with Crippen molar-refractivity contribution in [3.63, 3.8) is 0 Å². The first kappa shape index (κ1) is 16.7. The van der Waals surface area contributed by atoms with Gasteiger partial charge >= 0.3 is 0 Å². The van der Waals surface area contributed by atoms with E-state index in [1.54, 1.807) is 24.3 Å². The van der Waals surface area contributed by atoms with Crippen LogP contribution >= 0.6 is 0 Å². The summed E-state index contributed by atoms with van der Waals surface area (Å²) in [5.74, 6) is -0.0755. The lowest BCUT2D eigenvalue weighted by Gasteiger charge is -2.04. The van der Waals surface area contributed by atoms with Gasteiger partial charge in [-0.05, 0) is 36.2 Å². The molecule has 0 saturated carbocycles. The second-order valence-corrected chi connectivity index (χ2v) is 5.55. The fourth-order valence-electron chi connectivity index (χ4n) is 2.47. The van der Waals surface area contributed by atoms with Crippen LogP contribution in [0, 0.1) is 0 Å². The molecule has 0 radical (unpaired) electrons. The van der Waals surface area contributed by atoms with Crippen molar-refractivity contribution >= 4 is 17.2 Å². The maximum atomic E-state index is 12.7. The third-order valence-corrected chi connectivity index (χ3v) is 3.79. The van der Waals surface area contributed by atoms with Crippen molar-refractivity contribution in [1.82, 2.24) is 0 Å². The molecule has 0 saturated heterocycles. The molecule has 4 nitrogen and oxygen atoms in total. The Morgan fingerprint density at radius 1 is 0.800 bits per heavy atom. The summed E-state index contributed by atoms with van der Waals surface area (Å²) in [7, 11) is 0. The van der Waals surface area contributed by atoms with Gasteiger partial charge in [-0.2, -0.15) is 5.11 Å². The Morgan fingerprint density at radius 3 is 2.20 bits per heavy atom. The zero-order valence-electron chi connectivity index (χ0n) is 13.7. The van der Waals surface area contributed by atoms with E-state index in [-0.39, 0.29) is 12.4 Å². The average molecular weight is 330 g/mol. The molecule has 0 aliphatic carbocycles. The average Bonchev–Trinajstić information content (AvgIpc) is 2.68. The minimum atomic E-state index is -0.0755. The van der Waals surface area contributed by atoms with E-state index in [0.29, 0.717) is 28.9 Å². The van der Waals surface area contributed by atoms with Gasteiger partial charge in [0.25, 0.3) is 0 Å². The number of hydrogen-bond donors (Lipinski definition) is 1. The predicted octanol–water partition coefficient (Wildman–Crippen LogP) is 4.87. The highest BCUT2D eigenvalue weighted by Gasteiger charge is 2.12. The lowest BCUT2D eigenvalue weighted by molar-refractivity contribution is 0.103. The summed E-state index contributed by atoms with van der Waals surface area (Å²) in [4.78, 5) is 12.7. The number of benzene rings is 3. The summed E-state index contributed by atoms with van der Waals surface area (Å²) in [6.45, 7) is 0.121. The smallest absolute Gasteiger partial charge is 0.195 e. The molecule has 25 heavy (non-hydrogen) atoms. The van der Waals surface area contributed by atoms with Gasteiger partial charge in [0.05, 0.1) is 16.9 Å². The molecule has 0 heterocycles. The number of rotatable bonds is 6. The van der Waals surface area contributed by atoms with Crippen LogP contribution in [0.2, 0.25) is 0 Å². The van der Waals surface area contributed by atoms with Gasteiger partial charge in [0.2, 0.25) is 0 Å². The van der Waals surface area contributed by atoms with Gasteiger partial charge in [0, 0.05) is 12.2 Å². The molecule has 3 rings (SSSR count). The summed E-state index contributed by atoms with van der Waals surface area (Å²) in [5, 5.41) is 17.4. The second-order valence-electron chi connectivity index (χ2n) is 5.55. The van der Waals surface area contributed by atoms with Crippen LogP contribution in [0.15, 0.2) is 89.1 Å². The minimum Gasteiger partial charge on any atom is -0.396 e. The van der Waals surface area contributed by atoms with Gasteiger partial charge in [0.15, 0.2) is 5.78 Å². The van der Waals surface area contributed by atoms with Crippen LogP contribution in [0.1, 0.15) is 21.5 Å². The van der Waals surface area contributed by atoms with Gasteiger partial charge < -0.3 is 5.11 Å². The quantitative estimate of drug-likeness (QED) is 0.518. The molecule has 0 aliphatic heterocycles. The second kappa shape index (κ2) is 8.13. The van der Waals surface area contributed by atoms with E-state index >= 15 is 0 Å². The van der Waals surface area contributed by atoms with Crippen LogP contribution in [-0.2, 0) is 6.42 Å². The Morgan fingerprint density at radius 2 is 1.48 bits per heavy atom. The summed E-state index contributed by atoms with van der Waals surface area (Å²) in [5.41, 5.74) is 3.42. The fourth-order valence-corrected chi connectivity index (χ4v) is 2.47. The van der Waals surface area contributed by atoms with Gasteiger partial charge in [-0.3, -0.25) is 4.79 Å². The van der Waals surface area contributed by atoms with E-state index in [0.717, 1.165) is 5.56 Å². The van der Waals surface area contributed by atoms with Crippen LogP contribution in [0.25, 0.3) is 0 Å². The Kier molecular flexibility index (Phi) is 5.44. The summed E-state index contributed by atoms with van der Waals surface area (Å²) < 4.78 is 0. The van der Waals surface area contributed by atoms with Crippen LogP contribution in [0.5, 0.6) is 0 Å². The van der Waals surface area contributed by atoms with E-state index in [9.17, 15) is 4.79 Å². The molecule has 0 atom stereocenters. The van der Waals surface area contributed by atoms with Gasteiger partial charge in [0.1, 0.15) is 0 Å². The summed E-state index contributed by atoms with van der Waals surface area (Å²) in [6.07, 6.45) is 0.617. The third-order valence-electron chi connectivity index (χ3n) is 3.79. The van der Waals surface area contributed by atoms with Crippen molar-refractivity contribution in [3.05, 3.63) is 95.6 Å². The number of aliphatic hydroxyl groups is 1. The van der Waals surface area contributed by atoms with Crippen molar-refractivity contribution in [2.75, 3.05) is 6.61 Å². The highest BCUT2D eigenvalue weighted by Crippen LogP contribution is 2.24. The number of hydrogen-bond acceptors (Lipinski definition) is 4. The molecular formula is C21H18N2O2. The number of azo groups is 1. The molecule has 0 aromatic heterocycles. The molecule has 3 aromatic carbocycles. The predicted molar refractivity (Wildman–Crippen MR) is 97.7 cm³/mol. The molecule has 0 unspecified atom stereocenters. The SMILES string of the molecule is O=C(c1ccccc1)c1ccccc1N=Nc1ccc(CCO)cc1. The highest BCUT2D eigenvalue weighted by atomic mass is 16.2. The number of carbonyl (C=O) groups is 1. The molecular weight excluding hydrogens is 312 g/mol. The number of carbonyl (C=O) groups excluding carboxylic acids is 1. The van der Waals surface area contributed by atoms with Crippen LogP contribution in [-0.4, -0.2) is 17.5 Å². The molecule has 0 amide bonds. The molecule has 4 heteroatoms. The van der Waals surface area contributed by atoms with E-state index in [1.165, 1.54) is 0 Å². The van der Waals surface area contributed by atoms with Crippen LogP contribution < -0.4 is 0 Å². The molecule has 0 bridgehead atoms. The maximum absolute atomic E-state index is 12.7. The van der Waals surface area contributed by atoms with Gasteiger partial charge in [-0.1, -0.05) is 54.6 Å². The van der Waals surface area contributed by atoms with E-state index in [4.69, 9.17) is 5.11 Å². The normalized spacial score (nSPS) is 10.9. The zero-order valence-corrected chi connectivity index (χ0v) is 13.7. The summed E-state index contributed by atoms with van der Waals surface area (Å²) in [6, 6.07) is 23.8. The van der Waals surface area contributed by atoms with Gasteiger partial charge in [-0.15, -0.1) is 5.11 Å². The van der Waals surface area contributed by atoms with Crippen molar-refractivity contribution < 1.29 is 9.90 Å². The highest BCUT2D eigenvalue weighted by molar-refractivity contribution is 6.11. The molecule has 0 aliphatic rings. The Hall–Kier alpha value is -3.11. The maximum Gasteiger partial charge on any atom is 0.195 e. The monoisotopic (exact) mass is 330 g/mol. The van der Waals surface area contributed by atoms with E-state index in [1.807, 2.05) is 54.6 Å². The summed E-state index contributed by atoms with van der Waals surface area (Å²) >= 11 is 0. The van der Waals surface area contributed by atoms with Crippen molar-refractivity contribution in [1.29, 1.82) is 0 Å². The topological polar surface area (TPSA) is 62.0 Å². The fraction of sp³-hybridized carbons (Fsp3) is 0.0952. The van der Waals surface area contributed by atoms with Crippen molar-refractivity contribution in [3.8, 4) is 0 Å². The number of nitrogens with zero attached hydrogens (tertiary/aromatic N) is 2. The Labute approximate surface area is 146 Å². The first-order valence-electron chi connectivity index (χ1n) is 8.08. The number of aliphatic hydroxyl groups excluding tert-OH is 1. The lowest BCUT2D eigenvalue weighted by Crippen LogP contribution is -2.00. The first-order valence-corrected chi connectivity index (χ1v) is 8.08. The molecule has 0 fully saturated rings. The molecule has 124 valence electrons. The first-order chi connectivity index (χ1) is 12.3. The molecule has 1 N–H and O–H groups in total. The minimum absolute atomic E-state index is 0.0755. The Bertz CT molecular complexity index is 872. The largest absolute Gasteiger partial charge is 0.396 e. The van der Waals surface area contributed by atoms with Crippen molar-refractivity contribution in [2.45, 2.75) is 6.42 Å². The van der Waals surface area contributed by atoms with Crippen LogP contribution in [0.3, 0.4) is 0 Å². The van der Waals surface area contributed by atoms with Crippen molar-refractivity contribution in [2.24, 2.45) is 10.2 Å². The third kappa shape index (κ3) is 4.25. The van der Waals surface area contributed by atoms with E-state index < -0.39 is 0 Å². The Balaban J connectivity index is 1.84.